The first-order valence-electron chi connectivity index (χ1n) is 9.62. The number of halogens is 1. The second-order valence-electron chi connectivity index (χ2n) is 8.00. The fourth-order valence-electron chi connectivity index (χ4n) is 3.07. The number of amides is 2. The van der Waals surface area contributed by atoms with Crippen molar-refractivity contribution in [2.75, 3.05) is 12.4 Å². The summed E-state index contributed by atoms with van der Waals surface area (Å²) in [6.45, 7) is 4.55. The van der Waals surface area contributed by atoms with Gasteiger partial charge < -0.3 is 14.2 Å². The average Bonchev–Trinajstić information content (AvgIpc) is 3.41. The average molecular weight is 403 g/mol. The lowest BCUT2D eigenvalue weighted by Crippen LogP contribution is -2.48. The summed E-state index contributed by atoms with van der Waals surface area (Å²) in [5.41, 5.74) is 0.350. The van der Waals surface area contributed by atoms with E-state index in [1.165, 1.54) is 0 Å². The number of benzene rings is 1. The molecular weight excluding hydrogens is 376 g/mol. The van der Waals surface area contributed by atoms with Crippen molar-refractivity contribution < 1.29 is 14.0 Å². The molecule has 0 radical (unpaired) electrons. The van der Waals surface area contributed by atoms with Crippen LogP contribution in [0.2, 0.25) is 0 Å². The summed E-state index contributed by atoms with van der Waals surface area (Å²) in [5.74, 6) is 0.792. The quantitative estimate of drug-likeness (QED) is 0.594. The Labute approximate surface area is 171 Å². The number of hydrogen-bond donors (Lipinski definition) is 0. The largest absolute Gasteiger partial charge is 0.467 e. The van der Waals surface area contributed by atoms with Crippen LogP contribution in [0.5, 0.6) is 0 Å². The molecule has 0 saturated heterocycles. The van der Waals surface area contributed by atoms with Crippen molar-refractivity contribution in [1.29, 1.82) is 0 Å². The number of rotatable bonds is 9. The van der Waals surface area contributed by atoms with E-state index in [0.717, 1.165) is 24.2 Å². The number of carbonyl (C=O) groups is 2. The van der Waals surface area contributed by atoms with Gasteiger partial charge in [0, 0.05) is 18.5 Å². The van der Waals surface area contributed by atoms with Crippen molar-refractivity contribution in [2.24, 2.45) is 5.41 Å². The molecule has 0 aliphatic heterocycles. The highest BCUT2D eigenvalue weighted by atomic mass is 35.5. The summed E-state index contributed by atoms with van der Waals surface area (Å²) < 4.78 is 5.44. The van der Waals surface area contributed by atoms with Crippen molar-refractivity contribution in [1.82, 2.24) is 9.80 Å². The number of furan rings is 1. The van der Waals surface area contributed by atoms with Gasteiger partial charge in [0.25, 0.3) is 0 Å². The molecule has 0 spiro atoms. The van der Waals surface area contributed by atoms with Crippen LogP contribution in [0.25, 0.3) is 0 Å². The van der Waals surface area contributed by atoms with Gasteiger partial charge in [-0.15, -0.1) is 11.6 Å². The lowest BCUT2D eigenvalue weighted by Gasteiger charge is -2.32. The fraction of sp³-hybridized carbons (Fsp3) is 0.455. The van der Waals surface area contributed by atoms with Gasteiger partial charge in [0.2, 0.25) is 11.8 Å². The lowest BCUT2D eigenvalue weighted by atomic mass is 9.94. The van der Waals surface area contributed by atoms with E-state index in [4.69, 9.17) is 16.0 Å². The summed E-state index contributed by atoms with van der Waals surface area (Å²) >= 11 is 6.00. The Morgan fingerprint density at radius 3 is 2.39 bits per heavy atom. The Morgan fingerprint density at radius 2 is 1.82 bits per heavy atom. The molecule has 28 heavy (non-hydrogen) atoms. The Balaban J connectivity index is 1.76. The maximum Gasteiger partial charge on any atom is 0.242 e. The smallest absolute Gasteiger partial charge is 0.242 e. The molecule has 1 heterocycles. The predicted molar refractivity (Wildman–Crippen MR) is 109 cm³/mol. The SMILES string of the molecule is CC(C)(CCl)C(=O)N(CC(=O)N(Cc1ccccc1)Cc1ccco1)C1CC1. The first kappa shape index (κ1) is 20.5. The molecule has 1 aliphatic carbocycles. The van der Waals surface area contributed by atoms with Gasteiger partial charge in [0.15, 0.2) is 0 Å². The molecule has 5 nitrogen and oxygen atoms in total. The van der Waals surface area contributed by atoms with E-state index in [0.29, 0.717) is 13.1 Å². The summed E-state index contributed by atoms with van der Waals surface area (Å²) in [7, 11) is 0. The predicted octanol–water partition coefficient (Wildman–Crippen LogP) is 4.06. The second kappa shape index (κ2) is 8.82. The maximum absolute atomic E-state index is 13.2. The Kier molecular flexibility index (Phi) is 6.45. The van der Waals surface area contributed by atoms with Crippen LogP contribution >= 0.6 is 11.6 Å². The van der Waals surface area contributed by atoms with Crippen LogP contribution in [-0.2, 0) is 22.7 Å². The van der Waals surface area contributed by atoms with Crippen molar-refractivity contribution in [2.45, 2.75) is 45.8 Å². The van der Waals surface area contributed by atoms with Gasteiger partial charge >= 0.3 is 0 Å². The molecule has 0 N–H and O–H groups in total. The summed E-state index contributed by atoms with van der Waals surface area (Å²) in [5, 5.41) is 0. The first-order valence-corrected chi connectivity index (χ1v) is 10.2. The van der Waals surface area contributed by atoms with E-state index < -0.39 is 5.41 Å². The van der Waals surface area contributed by atoms with E-state index in [9.17, 15) is 9.59 Å². The van der Waals surface area contributed by atoms with Crippen LogP contribution < -0.4 is 0 Å². The van der Waals surface area contributed by atoms with E-state index in [1.54, 1.807) is 16.1 Å². The van der Waals surface area contributed by atoms with Crippen molar-refractivity contribution in [3.05, 3.63) is 60.1 Å². The molecular formula is C22H27ClN2O3. The number of hydrogen-bond acceptors (Lipinski definition) is 3. The van der Waals surface area contributed by atoms with Crippen molar-refractivity contribution in [3.63, 3.8) is 0 Å². The van der Waals surface area contributed by atoms with Crippen LogP contribution in [0.4, 0.5) is 0 Å². The highest BCUT2D eigenvalue weighted by Gasteiger charge is 2.40. The lowest BCUT2D eigenvalue weighted by molar-refractivity contribution is -0.146. The maximum atomic E-state index is 13.2. The normalized spacial score (nSPS) is 14.0. The van der Waals surface area contributed by atoms with E-state index in [2.05, 4.69) is 0 Å². The van der Waals surface area contributed by atoms with Gasteiger partial charge in [0.1, 0.15) is 12.3 Å². The van der Waals surface area contributed by atoms with Gasteiger partial charge in [-0.3, -0.25) is 9.59 Å². The monoisotopic (exact) mass is 402 g/mol. The molecule has 0 unspecified atom stereocenters. The number of nitrogens with zero attached hydrogens (tertiary/aromatic N) is 2. The third-order valence-corrected chi connectivity index (χ3v) is 5.63. The zero-order chi connectivity index (χ0) is 20.1. The second-order valence-corrected chi connectivity index (χ2v) is 8.26. The minimum absolute atomic E-state index is 0.0593. The summed E-state index contributed by atoms with van der Waals surface area (Å²) in [6.07, 6.45) is 3.48. The number of alkyl halides is 1. The highest BCUT2D eigenvalue weighted by Crippen LogP contribution is 2.32. The standard InChI is InChI=1S/C22H27ClN2O3/c1-22(2,16-23)21(27)25(18-10-11-18)15-20(26)24(14-19-9-6-12-28-19)13-17-7-4-3-5-8-17/h3-9,12,18H,10-11,13-16H2,1-2H3. The van der Waals surface area contributed by atoms with Gasteiger partial charge in [-0.05, 0) is 44.4 Å². The zero-order valence-corrected chi connectivity index (χ0v) is 17.2. The minimum atomic E-state index is -0.685. The van der Waals surface area contributed by atoms with Crippen LogP contribution in [0.15, 0.2) is 53.1 Å². The molecule has 1 saturated carbocycles. The fourth-order valence-corrected chi connectivity index (χ4v) is 3.19. The zero-order valence-electron chi connectivity index (χ0n) is 16.4. The molecule has 0 atom stereocenters. The molecule has 1 aliphatic rings. The highest BCUT2D eigenvalue weighted by molar-refractivity contribution is 6.19. The van der Waals surface area contributed by atoms with E-state index in [1.807, 2.05) is 56.3 Å². The molecule has 6 heteroatoms. The molecule has 150 valence electrons. The van der Waals surface area contributed by atoms with Crippen LogP contribution in [0.3, 0.4) is 0 Å². The van der Waals surface area contributed by atoms with Crippen molar-refractivity contribution >= 4 is 23.4 Å². The molecule has 1 aromatic heterocycles. The molecule has 1 fully saturated rings. The molecule has 3 rings (SSSR count). The van der Waals surface area contributed by atoms with E-state index >= 15 is 0 Å². The molecule has 0 bridgehead atoms. The Morgan fingerprint density at radius 1 is 1.11 bits per heavy atom. The van der Waals surface area contributed by atoms with Gasteiger partial charge in [-0.25, -0.2) is 0 Å². The van der Waals surface area contributed by atoms with Gasteiger partial charge in [-0.1, -0.05) is 30.3 Å². The van der Waals surface area contributed by atoms with Gasteiger partial charge in [-0.2, -0.15) is 0 Å². The summed E-state index contributed by atoms with van der Waals surface area (Å²) in [4.78, 5) is 29.6. The third-order valence-electron chi connectivity index (χ3n) is 4.96. The topological polar surface area (TPSA) is 53.8 Å². The van der Waals surface area contributed by atoms with Crippen molar-refractivity contribution in [3.8, 4) is 0 Å². The summed E-state index contributed by atoms with van der Waals surface area (Å²) in [6, 6.07) is 13.6. The Hall–Kier alpha value is -2.27. The van der Waals surface area contributed by atoms with Gasteiger partial charge in [0.05, 0.1) is 18.2 Å². The third kappa shape index (κ3) is 5.16. The van der Waals surface area contributed by atoms with Crippen LogP contribution in [-0.4, -0.2) is 40.1 Å². The minimum Gasteiger partial charge on any atom is -0.467 e. The Bertz CT molecular complexity index is 785. The number of carbonyl (C=O) groups excluding carboxylic acids is 2. The first-order chi connectivity index (χ1) is 13.4. The van der Waals surface area contributed by atoms with Crippen LogP contribution in [0, 0.1) is 5.41 Å². The molecule has 1 aromatic carbocycles. The van der Waals surface area contributed by atoms with E-state index in [-0.39, 0.29) is 30.3 Å². The molecule has 2 aromatic rings. The van der Waals surface area contributed by atoms with Crippen LogP contribution in [0.1, 0.15) is 38.0 Å². The molecule has 2 amide bonds.